The van der Waals surface area contributed by atoms with Crippen molar-refractivity contribution in [3.05, 3.63) is 47.6 Å². The Morgan fingerprint density at radius 1 is 1.24 bits per heavy atom. The number of halogens is 1. The molecule has 0 aliphatic rings. The van der Waals surface area contributed by atoms with Crippen molar-refractivity contribution in [3.8, 4) is 5.75 Å². The minimum absolute atomic E-state index is 0.594. The molecule has 1 aromatic heterocycles. The van der Waals surface area contributed by atoms with Gasteiger partial charge in [0.2, 0.25) is 0 Å². The summed E-state index contributed by atoms with van der Waals surface area (Å²) in [6.45, 7) is 2.53. The number of anilines is 2. The third-order valence-corrected chi connectivity index (χ3v) is 2.51. The molecule has 4 heteroatoms. The lowest BCUT2D eigenvalue weighted by molar-refractivity contribution is 0.342. The number of hydrogen-bond donors (Lipinski definition) is 1. The number of pyridine rings is 1. The molecule has 0 unspecified atom stereocenters. The summed E-state index contributed by atoms with van der Waals surface area (Å²) in [5.41, 5.74) is 0.745. The van der Waals surface area contributed by atoms with E-state index in [1.807, 2.05) is 43.3 Å². The first-order valence-electron chi connectivity index (χ1n) is 5.40. The van der Waals surface area contributed by atoms with Crippen LogP contribution in [0.1, 0.15) is 6.92 Å². The van der Waals surface area contributed by atoms with Crippen LogP contribution < -0.4 is 10.1 Å². The highest BCUT2D eigenvalue weighted by molar-refractivity contribution is 6.33. The van der Waals surface area contributed by atoms with E-state index in [2.05, 4.69) is 10.3 Å². The van der Waals surface area contributed by atoms with Gasteiger partial charge in [-0.25, -0.2) is 4.98 Å². The van der Waals surface area contributed by atoms with Gasteiger partial charge in [-0.1, -0.05) is 23.7 Å². The third kappa shape index (κ3) is 2.88. The monoisotopic (exact) mass is 248 g/mol. The normalized spacial score (nSPS) is 10.0. The van der Waals surface area contributed by atoms with Crippen molar-refractivity contribution in [2.75, 3.05) is 11.9 Å². The number of nitrogens with one attached hydrogen (secondary N) is 1. The molecule has 0 aliphatic carbocycles. The van der Waals surface area contributed by atoms with E-state index in [4.69, 9.17) is 16.3 Å². The van der Waals surface area contributed by atoms with Crippen molar-refractivity contribution < 1.29 is 4.74 Å². The first kappa shape index (κ1) is 11.7. The molecule has 0 atom stereocenters. The maximum Gasteiger partial charge on any atom is 0.144 e. The third-order valence-electron chi connectivity index (χ3n) is 2.19. The van der Waals surface area contributed by atoms with Crippen LogP contribution >= 0.6 is 11.6 Å². The highest BCUT2D eigenvalue weighted by Gasteiger charge is 2.08. The quantitative estimate of drug-likeness (QED) is 0.892. The first-order valence-corrected chi connectivity index (χ1v) is 5.78. The van der Waals surface area contributed by atoms with Crippen molar-refractivity contribution >= 4 is 23.1 Å². The van der Waals surface area contributed by atoms with Crippen molar-refractivity contribution in [3.63, 3.8) is 0 Å². The maximum absolute atomic E-state index is 6.14. The van der Waals surface area contributed by atoms with Crippen molar-refractivity contribution in [1.82, 2.24) is 4.98 Å². The molecule has 0 spiro atoms. The van der Waals surface area contributed by atoms with Crippen molar-refractivity contribution in [2.24, 2.45) is 0 Å². The summed E-state index contributed by atoms with van der Waals surface area (Å²) < 4.78 is 5.52. The van der Waals surface area contributed by atoms with Crippen molar-refractivity contribution in [2.45, 2.75) is 6.92 Å². The molecule has 1 aromatic carbocycles. The Labute approximate surface area is 105 Å². The van der Waals surface area contributed by atoms with Gasteiger partial charge in [0.15, 0.2) is 0 Å². The summed E-state index contributed by atoms with van der Waals surface area (Å²) in [5.74, 6) is 1.47. The Hall–Kier alpha value is -1.74. The number of rotatable bonds is 4. The van der Waals surface area contributed by atoms with Crippen LogP contribution in [-0.4, -0.2) is 11.6 Å². The van der Waals surface area contributed by atoms with Crippen LogP contribution in [0.25, 0.3) is 0 Å². The van der Waals surface area contributed by atoms with Crippen LogP contribution in [0.15, 0.2) is 42.6 Å². The second-order valence-electron chi connectivity index (χ2n) is 3.39. The number of benzene rings is 1. The van der Waals surface area contributed by atoms with Crippen molar-refractivity contribution in [1.29, 1.82) is 0 Å². The summed E-state index contributed by atoms with van der Waals surface area (Å²) in [5, 5.41) is 3.77. The molecule has 1 heterocycles. The standard InChI is InChI=1S/C13H13ClN2O/c1-2-17-11-7-5-6-10(14)13(11)16-12-8-3-4-9-15-12/h3-9H,2H2,1H3,(H,15,16). The molecule has 2 rings (SSSR count). The zero-order chi connectivity index (χ0) is 12.1. The summed E-state index contributed by atoms with van der Waals surface area (Å²) in [7, 11) is 0. The molecule has 3 nitrogen and oxygen atoms in total. The number of aromatic nitrogens is 1. The Morgan fingerprint density at radius 2 is 2.12 bits per heavy atom. The highest BCUT2D eigenvalue weighted by atomic mass is 35.5. The minimum Gasteiger partial charge on any atom is -0.492 e. The summed E-state index contributed by atoms with van der Waals surface area (Å²) in [6, 6.07) is 11.2. The fourth-order valence-electron chi connectivity index (χ4n) is 1.47. The minimum atomic E-state index is 0.594. The van der Waals surface area contributed by atoms with Gasteiger partial charge >= 0.3 is 0 Å². The number of para-hydroxylation sites is 1. The molecule has 17 heavy (non-hydrogen) atoms. The van der Waals surface area contributed by atoms with E-state index in [9.17, 15) is 0 Å². The Morgan fingerprint density at radius 3 is 2.82 bits per heavy atom. The Balaban J connectivity index is 2.31. The van der Waals surface area contributed by atoms with Gasteiger partial charge in [-0.2, -0.15) is 0 Å². The molecular formula is C13H13ClN2O. The highest BCUT2D eigenvalue weighted by Crippen LogP contribution is 2.34. The SMILES string of the molecule is CCOc1cccc(Cl)c1Nc1ccccn1. The molecule has 88 valence electrons. The molecule has 2 aromatic rings. The lowest BCUT2D eigenvalue weighted by atomic mass is 10.3. The second kappa shape index (κ2) is 5.55. The average Bonchev–Trinajstić information content (AvgIpc) is 2.35. The summed E-state index contributed by atoms with van der Waals surface area (Å²) in [6.07, 6.45) is 1.72. The molecular weight excluding hydrogens is 236 g/mol. The van der Waals surface area contributed by atoms with Gasteiger partial charge in [0.1, 0.15) is 17.3 Å². The molecule has 1 N–H and O–H groups in total. The lowest BCUT2D eigenvalue weighted by Gasteiger charge is -2.13. The Kier molecular flexibility index (Phi) is 3.83. The first-order chi connectivity index (χ1) is 8.31. The fourth-order valence-corrected chi connectivity index (χ4v) is 1.68. The van der Waals surface area contributed by atoms with Crippen LogP contribution in [0, 0.1) is 0 Å². The summed E-state index contributed by atoms with van der Waals surface area (Å²) in [4.78, 5) is 4.19. The molecule has 0 radical (unpaired) electrons. The van der Waals surface area contributed by atoms with Gasteiger partial charge in [-0.3, -0.25) is 0 Å². The largest absolute Gasteiger partial charge is 0.492 e. The van der Waals surface area contributed by atoms with Gasteiger partial charge in [0.05, 0.1) is 11.6 Å². The van der Waals surface area contributed by atoms with Gasteiger partial charge in [-0.05, 0) is 31.2 Å². The van der Waals surface area contributed by atoms with E-state index in [1.54, 1.807) is 6.20 Å². The van der Waals surface area contributed by atoms with E-state index in [1.165, 1.54) is 0 Å². The second-order valence-corrected chi connectivity index (χ2v) is 3.79. The van der Waals surface area contributed by atoms with Gasteiger partial charge < -0.3 is 10.1 Å². The maximum atomic E-state index is 6.14. The predicted octanol–water partition coefficient (Wildman–Crippen LogP) is 3.88. The molecule has 0 saturated carbocycles. The number of ether oxygens (including phenoxy) is 1. The fraction of sp³-hybridized carbons (Fsp3) is 0.154. The van der Waals surface area contributed by atoms with E-state index in [0.29, 0.717) is 11.6 Å². The lowest BCUT2D eigenvalue weighted by Crippen LogP contribution is -1.99. The molecule has 0 saturated heterocycles. The van der Waals surface area contributed by atoms with Gasteiger partial charge in [0.25, 0.3) is 0 Å². The Bertz CT molecular complexity index is 488. The molecule has 0 fully saturated rings. The van der Waals surface area contributed by atoms with Crippen LogP contribution in [0.2, 0.25) is 5.02 Å². The van der Waals surface area contributed by atoms with Crippen LogP contribution in [0.5, 0.6) is 5.75 Å². The molecule has 0 amide bonds. The zero-order valence-corrected chi connectivity index (χ0v) is 10.2. The van der Waals surface area contributed by atoms with E-state index in [-0.39, 0.29) is 0 Å². The predicted molar refractivity (Wildman–Crippen MR) is 70.1 cm³/mol. The van der Waals surface area contributed by atoms with Crippen LogP contribution in [0.4, 0.5) is 11.5 Å². The van der Waals surface area contributed by atoms with E-state index >= 15 is 0 Å². The average molecular weight is 249 g/mol. The van der Waals surface area contributed by atoms with E-state index in [0.717, 1.165) is 17.3 Å². The topological polar surface area (TPSA) is 34.1 Å². The molecule has 0 aliphatic heterocycles. The van der Waals surface area contributed by atoms with Gasteiger partial charge in [-0.15, -0.1) is 0 Å². The smallest absolute Gasteiger partial charge is 0.144 e. The number of nitrogens with zero attached hydrogens (tertiary/aromatic N) is 1. The van der Waals surface area contributed by atoms with Gasteiger partial charge in [0, 0.05) is 6.20 Å². The van der Waals surface area contributed by atoms with E-state index < -0.39 is 0 Å². The van der Waals surface area contributed by atoms with Crippen LogP contribution in [0.3, 0.4) is 0 Å². The number of hydrogen-bond acceptors (Lipinski definition) is 3. The summed E-state index contributed by atoms with van der Waals surface area (Å²) >= 11 is 6.14. The zero-order valence-electron chi connectivity index (χ0n) is 9.48. The molecule has 0 bridgehead atoms. The van der Waals surface area contributed by atoms with Crippen LogP contribution in [-0.2, 0) is 0 Å².